The van der Waals surface area contributed by atoms with Gasteiger partial charge in [0.05, 0.1) is 28.9 Å². The number of nitrogens with zero attached hydrogens (tertiary/aromatic N) is 4. The molecule has 0 aliphatic carbocycles. The minimum absolute atomic E-state index is 0.00688. The Bertz CT molecular complexity index is 1530. The van der Waals surface area contributed by atoms with Gasteiger partial charge in [-0.05, 0) is 39.7 Å². The number of carbonyl (C=O) groups excluding carboxylic acids is 1. The zero-order valence-corrected chi connectivity index (χ0v) is 19.5. The van der Waals surface area contributed by atoms with Gasteiger partial charge in [0.15, 0.2) is 0 Å². The molecule has 4 aromatic rings. The normalized spacial score (nSPS) is 13.8. The summed E-state index contributed by atoms with van der Waals surface area (Å²) in [6.07, 6.45) is -4.40. The van der Waals surface area contributed by atoms with Crippen LogP contribution in [-0.2, 0) is 25.7 Å². The summed E-state index contributed by atoms with van der Waals surface area (Å²) in [6, 6.07) is 11.0. The van der Waals surface area contributed by atoms with Crippen molar-refractivity contribution in [3.8, 4) is 0 Å². The van der Waals surface area contributed by atoms with Gasteiger partial charge in [0, 0.05) is 24.9 Å². The van der Waals surface area contributed by atoms with Gasteiger partial charge in [-0.25, -0.2) is 14.5 Å². The van der Waals surface area contributed by atoms with E-state index in [0.717, 1.165) is 4.57 Å². The van der Waals surface area contributed by atoms with E-state index in [4.69, 9.17) is 0 Å². The summed E-state index contributed by atoms with van der Waals surface area (Å²) in [5.41, 5.74) is 0.801. The number of amides is 1. The molecule has 2 aromatic heterocycles. The van der Waals surface area contributed by atoms with Crippen LogP contribution in [0.25, 0.3) is 10.8 Å². The molecule has 0 unspecified atom stereocenters. The van der Waals surface area contributed by atoms with Crippen molar-refractivity contribution >= 4 is 32.6 Å². The number of benzene rings is 2. The van der Waals surface area contributed by atoms with Gasteiger partial charge in [-0.3, -0.25) is 9.59 Å². The van der Waals surface area contributed by atoms with Gasteiger partial charge in [0.2, 0.25) is 5.82 Å². The number of aromatic nitrogens is 4. The monoisotopic (exact) mass is 549 g/mol. The maximum Gasteiger partial charge on any atom is 0.449 e. The molecular formula is C23H16BrF4N5O2. The molecule has 0 atom stereocenters. The second kappa shape index (κ2) is 8.59. The quantitative estimate of drug-likeness (QED) is 0.386. The summed E-state index contributed by atoms with van der Waals surface area (Å²) < 4.78 is 55.4. The first kappa shape index (κ1) is 23.2. The topological polar surface area (TPSA) is 83.9 Å². The summed E-state index contributed by atoms with van der Waals surface area (Å²) in [4.78, 5) is 30.0. The third-order valence-corrected chi connectivity index (χ3v) is 6.54. The fourth-order valence-electron chi connectivity index (χ4n) is 4.24. The molecule has 0 saturated carbocycles. The largest absolute Gasteiger partial charge is 0.449 e. The standard InChI is InChI=1S/C23H16BrF4N5O2/c24-19-18-11-32(7-8-33(18)22(29-19)23(26,27)28)21(35)15-9-12(5-6-16(15)25)10-17-13-3-1-2-4-14(13)20(34)31-30-17/h1-6,9H,7-8,10-11H2,(H,31,34). The highest BCUT2D eigenvalue weighted by Crippen LogP contribution is 2.34. The second-order valence-corrected chi connectivity index (χ2v) is 8.84. The fraction of sp³-hybridized carbons (Fsp3) is 0.217. The van der Waals surface area contributed by atoms with Crippen LogP contribution in [0.5, 0.6) is 0 Å². The van der Waals surface area contributed by atoms with Crippen molar-refractivity contribution < 1.29 is 22.4 Å². The van der Waals surface area contributed by atoms with Gasteiger partial charge in [0.25, 0.3) is 11.5 Å². The molecule has 0 saturated heterocycles. The smallest absolute Gasteiger partial charge is 0.331 e. The molecular weight excluding hydrogens is 534 g/mol. The molecule has 3 heterocycles. The van der Waals surface area contributed by atoms with E-state index < -0.39 is 23.7 Å². The van der Waals surface area contributed by atoms with Crippen molar-refractivity contribution in [3.05, 3.63) is 91.6 Å². The highest BCUT2D eigenvalue weighted by molar-refractivity contribution is 9.10. The average molecular weight is 550 g/mol. The lowest BCUT2D eigenvalue weighted by Gasteiger charge is -2.29. The van der Waals surface area contributed by atoms with Crippen LogP contribution < -0.4 is 5.56 Å². The van der Waals surface area contributed by atoms with Crippen LogP contribution in [0.4, 0.5) is 17.6 Å². The molecule has 1 aliphatic rings. The van der Waals surface area contributed by atoms with E-state index in [9.17, 15) is 27.2 Å². The Morgan fingerprint density at radius 2 is 1.86 bits per heavy atom. The maximum atomic E-state index is 14.7. The van der Waals surface area contributed by atoms with E-state index in [0.29, 0.717) is 22.0 Å². The summed E-state index contributed by atoms with van der Waals surface area (Å²) in [5, 5.41) is 7.66. The minimum atomic E-state index is -4.63. The predicted octanol–water partition coefficient (Wildman–Crippen LogP) is 4.29. The van der Waals surface area contributed by atoms with E-state index in [1.807, 2.05) is 0 Å². The van der Waals surface area contributed by atoms with Crippen LogP contribution in [0.15, 0.2) is 51.9 Å². The average Bonchev–Trinajstić information content (AvgIpc) is 3.18. The molecule has 12 heteroatoms. The van der Waals surface area contributed by atoms with Crippen molar-refractivity contribution in [2.45, 2.75) is 25.7 Å². The van der Waals surface area contributed by atoms with Crippen molar-refractivity contribution in [1.29, 1.82) is 0 Å². The lowest BCUT2D eigenvalue weighted by atomic mass is 10.0. The fourth-order valence-corrected chi connectivity index (χ4v) is 4.74. The Morgan fingerprint density at radius 3 is 2.60 bits per heavy atom. The summed E-state index contributed by atoms with van der Waals surface area (Å²) in [7, 11) is 0. The van der Waals surface area contributed by atoms with Gasteiger partial charge in [0.1, 0.15) is 10.4 Å². The summed E-state index contributed by atoms with van der Waals surface area (Å²) >= 11 is 3.04. The molecule has 180 valence electrons. The van der Waals surface area contributed by atoms with Crippen LogP contribution in [-0.4, -0.2) is 37.1 Å². The number of fused-ring (bicyclic) bond motifs is 2. The van der Waals surface area contributed by atoms with Gasteiger partial charge in [-0.2, -0.15) is 18.3 Å². The van der Waals surface area contributed by atoms with Crippen LogP contribution in [0.3, 0.4) is 0 Å². The lowest BCUT2D eigenvalue weighted by molar-refractivity contribution is -0.147. The first-order valence-corrected chi connectivity index (χ1v) is 11.3. The van der Waals surface area contributed by atoms with Crippen LogP contribution in [0, 0.1) is 5.82 Å². The third kappa shape index (κ3) is 4.22. The molecule has 2 aromatic carbocycles. The van der Waals surface area contributed by atoms with Gasteiger partial charge >= 0.3 is 6.18 Å². The van der Waals surface area contributed by atoms with E-state index in [2.05, 4.69) is 31.1 Å². The Balaban J connectivity index is 1.43. The van der Waals surface area contributed by atoms with Crippen molar-refractivity contribution in [3.63, 3.8) is 0 Å². The van der Waals surface area contributed by atoms with Gasteiger partial charge in [-0.15, -0.1) is 0 Å². The number of carbonyl (C=O) groups is 1. The minimum Gasteiger partial charge on any atom is -0.331 e. The van der Waals surface area contributed by atoms with Crippen molar-refractivity contribution in [2.24, 2.45) is 0 Å². The Hall–Kier alpha value is -3.54. The molecule has 1 aliphatic heterocycles. The number of hydrogen-bond donors (Lipinski definition) is 1. The summed E-state index contributed by atoms with van der Waals surface area (Å²) in [6.45, 7) is -0.311. The number of nitrogens with one attached hydrogen (secondary N) is 1. The van der Waals surface area contributed by atoms with E-state index in [1.54, 1.807) is 24.3 Å². The Kier molecular flexibility index (Phi) is 5.70. The van der Waals surface area contributed by atoms with Crippen molar-refractivity contribution in [1.82, 2.24) is 24.6 Å². The maximum absolute atomic E-state index is 14.7. The zero-order valence-electron chi connectivity index (χ0n) is 17.9. The molecule has 35 heavy (non-hydrogen) atoms. The number of H-pyrrole nitrogens is 1. The first-order chi connectivity index (χ1) is 16.6. The molecule has 0 radical (unpaired) electrons. The molecule has 0 spiro atoms. The predicted molar refractivity (Wildman–Crippen MR) is 121 cm³/mol. The van der Waals surface area contributed by atoms with E-state index >= 15 is 0 Å². The van der Waals surface area contributed by atoms with Crippen molar-refractivity contribution in [2.75, 3.05) is 6.54 Å². The van der Waals surface area contributed by atoms with Gasteiger partial charge < -0.3 is 9.47 Å². The summed E-state index contributed by atoms with van der Waals surface area (Å²) in [5.74, 6) is -2.43. The molecule has 1 N–H and O–H groups in total. The molecule has 0 fully saturated rings. The molecule has 1 amide bonds. The SMILES string of the molecule is O=C(c1cc(Cc2n[nH]c(=O)c3ccccc23)ccc1F)N1CCn2c(C(F)(F)F)nc(Br)c2C1. The molecule has 5 rings (SSSR count). The van der Waals surface area contributed by atoms with Crippen LogP contribution >= 0.6 is 15.9 Å². The number of alkyl halides is 3. The highest BCUT2D eigenvalue weighted by atomic mass is 79.9. The third-order valence-electron chi connectivity index (χ3n) is 5.91. The van der Waals surface area contributed by atoms with Crippen LogP contribution in [0.1, 0.15) is 33.1 Å². The Morgan fingerprint density at radius 1 is 1.11 bits per heavy atom. The van der Waals surface area contributed by atoms with Gasteiger partial charge in [-0.1, -0.05) is 24.3 Å². The number of aromatic amines is 1. The first-order valence-electron chi connectivity index (χ1n) is 10.5. The van der Waals surface area contributed by atoms with E-state index in [1.165, 1.54) is 23.1 Å². The number of rotatable bonds is 3. The number of hydrogen-bond acceptors (Lipinski definition) is 4. The number of halogens is 5. The van der Waals surface area contributed by atoms with E-state index in [-0.39, 0.29) is 47.5 Å². The lowest BCUT2D eigenvalue weighted by Crippen LogP contribution is -2.39. The highest BCUT2D eigenvalue weighted by Gasteiger charge is 2.40. The van der Waals surface area contributed by atoms with Crippen LogP contribution in [0.2, 0.25) is 0 Å². The zero-order chi connectivity index (χ0) is 24.9. The number of imidazole rings is 1. The Labute approximate surface area is 203 Å². The molecule has 0 bridgehead atoms. The molecule has 7 nitrogen and oxygen atoms in total. The second-order valence-electron chi connectivity index (χ2n) is 8.09.